The van der Waals surface area contributed by atoms with E-state index in [4.69, 9.17) is 9.47 Å². The molecule has 0 fully saturated rings. The minimum atomic E-state index is -0.852. The summed E-state index contributed by atoms with van der Waals surface area (Å²) >= 11 is 1.19. The van der Waals surface area contributed by atoms with Crippen LogP contribution >= 0.6 is 11.3 Å². The first-order valence-corrected chi connectivity index (χ1v) is 10.9. The summed E-state index contributed by atoms with van der Waals surface area (Å²) in [4.78, 5) is 47.9. The number of nitrogens with one attached hydrogen (secondary N) is 1. The summed E-state index contributed by atoms with van der Waals surface area (Å²) in [5, 5.41) is 13.9. The van der Waals surface area contributed by atoms with E-state index in [9.17, 15) is 24.5 Å². The summed E-state index contributed by atoms with van der Waals surface area (Å²) in [5.41, 5.74) is 1.12. The summed E-state index contributed by atoms with van der Waals surface area (Å²) < 4.78 is 9.99. The van der Waals surface area contributed by atoms with Gasteiger partial charge in [0.25, 0.3) is 11.6 Å². The fraction of sp³-hybridized carbons (Fsp3) is 0.125. The molecule has 0 spiro atoms. The second-order valence-electron chi connectivity index (χ2n) is 6.75. The van der Waals surface area contributed by atoms with E-state index in [1.165, 1.54) is 35.6 Å². The Labute approximate surface area is 198 Å². The third-order valence-corrected chi connectivity index (χ3v) is 5.52. The van der Waals surface area contributed by atoms with Gasteiger partial charge in [-0.05, 0) is 30.7 Å². The average molecular weight is 480 g/mol. The second kappa shape index (κ2) is 11.5. The van der Waals surface area contributed by atoms with Gasteiger partial charge in [-0.2, -0.15) is 0 Å². The highest BCUT2D eigenvalue weighted by atomic mass is 32.1. The number of rotatable bonds is 9. The molecule has 0 radical (unpaired) electrons. The van der Waals surface area contributed by atoms with Gasteiger partial charge in [0, 0.05) is 17.0 Å². The average Bonchev–Trinajstić information content (AvgIpc) is 3.26. The van der Waals surface area contributed by atoms with Crippen molar-refractivity contribution < 1.29 is 28.8 Å². The van der Waals surface area contributed by atoms with Crippen LogP contribution in [-0.4, -0.2) is 36.0 Å². The van der Waals surface area contributed by atoms with Gasteiger partial charge in [0.1, 0.15) is 5.00 Å². The number of amides is 1. The van der Waals surface area contributed by atoms with E-state index in [1.807, 2.05) is 30.3 Å². The number of anilines is 1. The Hall–Kier alpha value is -4.31. The van der Waals surface area contributed by atoms with Crippen LogP contribution in [-0.2, 0) is 19.1 Å². The van der Waals surface area contributed by atoms with Crippen molar-refractivity contribution in [2.24, 2.45) is 0 Å². The molecule has 9 nitrogen and oxygen atoms in total. The summed E-state index contributed by atoms with van der Waals surface area (Å²) in [6, 6.07) is 16.8. The summed E-state index contributed by atoms with van der Waals surface area (Å²) in [6.07, 6.45) is 2.24. The van der Waals surface area contributed by atoms with E-state index < -0.39 is 29.4 Å². The lowest BCUT2D eigenvalue weighted by atomic mass is 10.1. The monoisotopic (exact) mass is 480 g/mol. The van der Waals surface area contributed by atoms with Crippen LogP contribution in [0.3, 0.4) is 0 Å². The Morgan fingerprint density at radius 1 is 1.06 bits per heavy atom. The number of hydrogen-bond acceptors (Lipinski definition) is 8. The van der Waals surface area contributed by atoms with Gasteiger partial charge in [-0.15, -0.1) is 11.3 Å². The molecule has 1 N–H and O–H groups in total. The molecule has 0 saturated heterocycles. The predicted octanol–water partition coefficient (Wildman–Crippen LogP) is 4.70. The fourth-order valence-electron chi connectivity index (χ4n) is 2.89. The van der Waals surface area contributed by atoms with Gasteiger partial charge >= 0.3 is 11.9 Å². The van der Waals surface area contributed by atoms with E-state index in [0.29, 0.717) is 0 Å². The highest BCUT2D eigenvalue weighted by Gasteiger charge is 2.20. The van der Waals surface area contributed by atoms with Crippen LogP contribution in [0.4, 0.5) is 10.7 Å². The van der Waals surface area contributed by atoms with Gasteiger partial charge in [-0.3, -0.25) is 14.9 Å². The number of ether oxygens (including phenoxy) is 2. The third kappa shape index (κ3) is 6.36. The Morgan fingerprint density at radius 3 is 2.47 bits per heavy atom. The van der Waals surface area contributed by atoms with E-state index in [-0.39, 0.29) is 28.4 Å². The number of esters is 2. The van der Waals surface area contributed by atoms with Crippen molar-refractivity contribution in [2.45, 2.75) is 6.92 Å². The Morgan fingerprint density at radius 2 is 1.76 bits per heavy atom. The van der Waals surface area contributed by atoms with Gasteiger partial charge in [0.15, 0.2) is 6.61 Å². The zero-order valence-electron chi connectivity index (χ0n) is 18.1. The molecule has 0 unspecified atom stereocenters. The molecular formula is C24H20N2O7S. The van der Waals surface area contributed by atoms with E-state index in [1.54, 1.807) is 19.1 Å². The van der Waals surface area contributed by atoms with Crippen LogP contribution in [0.25, 0.3) is 16.5 Å². The highest BCUT2D eigenvalue weighted by Crippen LogP contribution is 2.36. The van der Waals surface area contributed by atoms with Crippen molar-refractivity contribution in [1.29, 1.82) is 0 Å². The van der Waals surface area contributed by atoms with E-state index in [2.05, 4.69) is 5.32 Å². The van der Waals surface area contributed by atoms with E-state index >= 15 is 0 Å². The lowest BCUT2D eigenvalue weighted by molar-refractivity contribution is -0.385. The molecule has 3 aromatic rings. The fourth-order valence-corrected chi connectivity index (χ4v) is 3.96. The lowest BCUT2D eigenvalue weighted by Crippen LogP contribution is -2.21. The molecule has 0 saturated carbocycles. The normalized spacial score (nSPS) is 10.6. The minimum absolute atomic E-state index is 0.164. The molecule has 0 aliphatic rings. The molecule has 0 aliphatic carbocycles. The van der Waals surface area contributed by atoms with Gasteiger partial charge < -0.3 is 14.8 Å². The molecule has 2 aromatic carbocycles. The van der Waals surface area contributed by atoms with Crippen molar-refractivity contribution >= 4 is 45.9 Å². The quantitative estimate of drug-likeness (QED) is 0.204. The predicted molar refractivity (Wildman–Crippen MR) is 127 cm³/mol. The van der Waals surface area contributed by atoms with E-state index in [0.717, 1.165) is 16.5 Å². The molecule has 1 heterocycles. The lowest BCUT2D eigenvalue weighted by Gasteiger charge is -2.06. The molecule has 10 heteroatoms. The maximum Gasteiger partial charge on any atom is 0.341 e. The summed E-state index contributed by atoms with van der Waals surface area (Å²) in [5.74, 6) is -2.09. The molecule has 1 amide bonds. The topological polar surface area (TPSA) is 125 Å². The summed E-state index contributed by atoms with van der Waals surface area (Å²) in [6.45, 7) is 1.24. The Balaban J connectivity index is 1.66. The highest BCUT2D eigenvalue weighted by molar-refractivity contribution is 7.20. The number of benzene rings is 2. The number of nitro benzene ring substituents is 1. The maximum absolute atomic E-state index is 12.4. The summed E-state index contributed by atoms with van der Waals surface area (Å²) in [7, 11) is 0. The number of hydrogen-bond donors (Lipinski definition) is 1. The first kappa shape index (κ1) is 24.3. The smallest absolute Gasteiger partial charge is 0.341 e. The molecule has 0 aliphatic heterocycles. The molecule has 174 valence electrons. The second-order valence-corrected chi connectivity index (χ2v) is 7.80. The molecule has 0 bridgehead atoms. The van der Waals surface area contributed by atoms with Crippen LogP contribution in [0.2, 0.25) is 0 Å². The molecule has 3 rings (SSSR count). The number of nitro groups is 1. The number of carbonyl (C=O) groups is 3. The molecule has 1 aromatic heterocycles. The van der Waals surface area contributed by atoms with Crippen molar-refractivity contribution in [1.82, 2.24) is 0 Å². The Bertz CT molecular complexity index is 1240. The van der Waals surface area contributed by atoms with Crippen LogP contribution < -0.4 is 5.32 Å². The zero-order valence-corrected chi connectivity index (χ0v) is 18.9. The number of nitrogens with zero attached hydrogens (tertiary/aromatic N) is 1. The van der Waals surface area contributed by atoms with Crippen LogP contribution in [0.15, 0.2) is 66.7 Å². The van der Waals surface area contributed by atoms with Crippen LogP contribution in [0.5, 0.6) is 0 Å². The van der Waals surface area contributed by atoms with Gasteiger partial charge in [-0.1, -0.05) is 42.5 Å². The maximum atomic E-state index is 12.4. The largest absolute Gasteiger partial charge is 0.462 e. The number of carbonyl (C=O) groups excluding carboxylic acids is 3. The van der Waals surface area contributed by atoms with Crippen molar-refractivity contribution in [2.75, 3.05) is 18.5 Å². The first-order valence-electron chi connectivity index (χ1n) is 10.1. The number of para-hydroxylation sites is 1. The zero-order chi connectivity index (χ0) is 24.5. The van der Waals surface area contributed by atoms with Gasteiger partial charge in [0.2, 0.25) is 0 Å². The van der Waals surface area contributed by atoms with Crippen LogP contribution in [0, 0.1) is 10.1 Å². The molecular weight excluding hydrogens is 460 g/mol. The van der Waals surface area contributed by atoms with Crippen molar-refractivity contribution in [3.8, 4) is 10.4 Å². The van der Waals surface area contributed by atoms with Crippen LogP contribution in [0.1, 0.15) is 22.8 Å². The van der Waals surface area contributed by atoms with Crippen molar-refractivity contribution in [3.05, 3.63) is 88.0 Å². The third-order valence-electron chi connectivity index (χ3n) is 4.42. The van der Waals surface area contributed by atoms with Gasteiger partial charge in [-0.25, -0.2) is 9.59 Å². The standard InChI is InChI=1S/C24H20N2O7S/c1-2-32-24(29)18-14-20(17-9-4-3-5-10-17)34-23(18)25-21(27)15-33-22(28)13-12-16-8-6-7-11-19(16)26(30)31/h3-14H,2,15H2,1H3,(H,25,27)/b13-12+. The van der Waals surface area contributed by atoms with Crippen molar-refractivity contribution in [3.63, 3.8) is 0 Å². The number of thiophene rings is 1. The van der Waals surface area contributed by atoms with Gasteiger partial charge in [0.05, 0.1) is 22.7 Å². The minimum Gasteiger partial charge on any atom is -0.462 e. The first-order chi connectivity index (χ1) is 16.4. The Kier molecular flexibility index (Phi) is 8.25. The molecule has 0 atom stereocenters. The SMILES string of the molecule is CCOC(=O)c1cc(-c2ccccc2)sc1NC(=O)COC(=O)/C=C/c1ccccc1[N+](=O)[O-]. The molecule has 34 heavy (non-hydrogen) atoms.